The lowest BCUT2D eigenvalue weighted by molar-refractivity contribution is -0.168. The molecule has 1 saturated heterocycles. The van der Waals surface area contributed by atoms with E-state index in [0.717, 1.165) is 12.8 Å². The number of carbonyl (C=O) groups excluding carboxylic acids is 1. The van der Waals surface area contributed by atoms with Crippen molar-refractivity contribution in [1.82, 2.24) is 4.90 Å². The van der Waals surface area contributed by atoms with E-state index in [1.807, 2.05) is 0 Å². The van der Waals surface area contributed by atoms with Crippen molar-refractivity contribution in [3.05, 3.63) is 0 Å². The molecule has 2 fully saturated rings. The second kappa shape index (κ2) is 3.73. The van der Waals surface area contributed by atoms with Gasteiger partial charge in [0.15, 0.2) is 0 Å². The Hall–Kier alpha value is -0.650. The van der Waals surface area contributed by atoms with Gasteiger partial charge in [-0.1, -0.05) is 0 Å². The normalized spacial score (nSPS) is 25.9. The van der Waals surface area contributed by atoms with E-state index in [0.29, 0.717) is 19.0 Å². The molecule has 0 spiro atoms. The molecule has 3 N–H and O–H groups in total. The zero-order valence-corrected chi connectivity index (χ0v) is 8.98. The molecule has 1 aliphatic heterocycles. The molecule has 2 rings (SSSR count). The number of aliphatic hydroxyl groups is 1. The van der Waals surface area contributed by atoms with Gasteiger partial charge >= 0.3 is 0 Å². The van der Waals surface area contributed by atoms with E-state index in [1.54, 1.807) is 4.90 Å². The Morgan fingerprint density at radius 3 is 2.67 bits per heavy atom. The number of rotatable bonds is 4. The molecular formula is C10H18N2O3. The third-order valence-electron chi connectivity index (χ3n) is 3.35. The monoisotopic (exact) mass is 214 g/mol. The molecule has 2 aliphatic rings. The summed E-state index contributed by atoms with van der Waals surface area (Å²) in [5.74, 6) is 0.297. The van der Waals surface area contributed by atoms with Gasteiger partial charge in [-0.15, -0.1) is 0 Å². The smallest absolute Gasteiger partial charge is 0.253 e. The van der Waals surface area contributed by atoms with Crippen LogP contribution < -0.4 is 5.73 Å². The molecular weight excluding hydrogens is 196 g/mol. The lowest BCUT2D eigenvalue weighted by Crippen LogP contribution is -2.66. The number of β-amino-alcohol motifs (C(OH)–C–C–N with tert-alkyl or cyclic N) is 1. The van der Waals surface area contributed by atoms with Crippen LogP contribution in [-0.2, 0) is 9.53 Å². The molecule has 1 heterocycles. The molecule has 0 aromatic carbocycles. The zero-order chi connectivity index (χ0) is 11.1. The maximum Gasteiger partial charge on any atom is 0.253 e. The average Bonchev–Trinajstić information content (AvgIpc) is 2.98. The SMILES string of the molecule is COC(CN)C(=O)N1CC(O)(C2CC2)C1. The Balaban J connectivity index is 1.85. The van der Waals surface area contributed by atoms with Crippen molar-refractivity contribution in [2.24, 2.45) is 11.7 Å². The first-order chi connectivity index (χ1) is 7.10. The van der Waals surface area contributed by atoms with Crippen molar-refractivity contribution in [2.45, 2.75) is 24.5 Å². The van der Waals surface area contributed by atoms with Crippen molar-refractivity contribution in [1.29, 1.82) is 0 Å². The Morgan fingerprint density at radius 2 is 2.27 bits per heavy atom. The van der Waals surface area contributed by atoms with Gasteiger partial charge in [-0.2, -0.15) is 0 Å². The van der Waals surface area contributed by atoms with Crippen LogP contribution in [0.2, 0.25) is 0 Å². The van der Waals surface area contributed by atoms with E-state index in [4.69, 9.17) is 10.5 Å². The van der Waals surface area contributed by atoms with Gasteiger partial charge in [0, 0.05) is 13.7 Å². The number of nitrogens with two attached hydrogens (primary N) is 1. The van der Waals surface area contributed by atoms with Crippen LogP contribution in [-0.4, -0.2) is 54.4 Å². The first-order valence-corrected chi connectivity index (χ1v) is 5.35. The van der Waals surface area contributed by atoms with Crippen molar-refractivity contribution >= 4 is 5.91 Å². The molecule has 1 aliphatic carbocycles. The molecule has 1 saturated carbocycles. The Labute approximate surface area is 89.2 Å². The summed E-state index contributed by atoms with van der Waals surface area (Å²) in [6, 6.07) is 0. The maximum atomic E-state index is 11.7. The van der Waals surface area contributed by atoms with E-state index in [-0.39, 0.29) is 12.5 Å². The van der Waals surface area contributed by atoms with E-state index < -0.39 is 11.7 Å². The Morgan fingerprint density at radius 1 is 1.67 bits per heavy atom. The molecule has 1 atom stereocenters. The summed E-state index contributed by atoms with van der Waals surface area (Å²) in [7, 11) is 1.47. The third-order valence-corrected chi connectivity index (χ3v) is 3.35. The van der Waals surface area contributed by atoms with Gasteiger partial charge < -0.3 is 20.5 Å². The summed E-state index contributed by atoms with van der Waals surface area (Å²) in [6.07, 6.45) is 1.61. The molecule has 15 heavy (non-hydrogen) atoms. The third kappa shape index (κ3) is 1.87. The van der Waals surface area contributed by atoms with Crippen molar-refractivity contribution in [3.8, 4) is 0 Å². The molecule has 0 aromatic rings. The first kappa shape index (κ1) is 10.9. The highest BCUT2D eigenvalue weighted by atomic mass is 16.5. The standard InChI is InChI=1S/C10H18N2O3/c1-15-8(4-11)9(13)12-5-10(14,6-12)7-2-3-7/h7-8,14H,2-6,11H2,1H3. The van der Waals surface area contributed by atoms with Gasteiger partial charge in [0.1, 0.15) is 11.7 Å². The molecule has 0 aromatic heterocycles. The highest BCUT2D eigenvalue weighted by Gasteiger charge is 2.53. The fourth-order valence-corrected chi connectivity index (χ4v) is 2.15. The summed E-state index contributed by atoms with van der Waals surface area (Å²) in [6.45, 7) is 1.07. The lowest BCUT2D eigenvalue weighted by atomic mass is 9.88. The van der Waals surface area contributed by atoms with Crippen LogP contribution in [0, 0.1) is 5.92 Å². The topological polar surface area (TPSA) is 75.8 Å². The Kier molecular flexibility index (Phi) is 2.70. The fraction of sp³-hybridized carbons (Fsp3) is 0.900. The van der Waals surface area contributed by atoms with Crippen LogP contribution in [0.3, 0.4) is 0 Å². The summed E-state index contributed by atoms with van der Waals surface area (Å²) in [5.41, 5.74) is 4.78. The van der Waals surface area contributed by atoms with Gasteiger partial charge in [0.05, 0.1) is 13.1 Å². The van der Waals surface area contributed by atoms with E-state index >= 15 is 0 Å². The minimum atomic E-state index is -0.622. The van der Waals surface area contributed by atoms with E-state index in [9.17, 15) is 9.90 Å². The van der Waals surface area contributed by atoms with Crippen LogP contribution >= 0.6 is 0 Å². The van der Waals surface area contributed by atoms with E-state index in [1.165, 1.54) is 7.11 Å². The highest BCUT2D eigenvalue weighted by molar-refractivity contribution is 5.82. The summed E-state index contributed by atoms with van der Waals surface area (Å²) in [5, 5.41) is 10.0. The van der Waals surface area contributed by atoms with E-state index in [2.05, 4.69) is 0 Å². The molecule has 5 nitrogen and oxygen atoms in total. The predicted octanol–water partition coefficient (Wildman–Crippen LogP) is -1.06. The van der Waals surface area contributed by atoms with Gasteiger partial charge in [-0.05, 0) is 18.8 Å². The number of carbonyl (C=O) groups is 1. The number of hydrogen-bond donors (Lipinski definition) is 2. The van der Waals surface area contributed by atoms with Crippen LogP contribution in [0.5, 0.6) is 0 Å². The second-order valence-corrected chi connectivity index (χ2v) is 4.53. The quantitative estimate of drug-likeness (QED) is 0.625. The van der Waals surface area contributed by atoms with Gasteiger partial charge in [0.25, 0.3) is 5.91 Å². The van der Waals surface area contributed by atoms with Crippen molar-refractivity contribution < 1.29 is 14.6 Å². The molecule has 86 valence electrons. The predicted molar refractivity (Wildman–Crippen MR) is 54.1 cm³/mol. The van der Waals surface area contributed by atoms with Crippen LogP contribution in [0.25, 0.3) is 0 Å². The first-order valence-electron chi connectivity index (χ1n) is 5.35. The molecule has 0 radical (unpaired) electrons. The zero-order valence-electron chi connectivity index (χ0n) is 8.98. The molecule has 0 bridgehead atoms. The van der Waals surface area contributed by atoms with Gasteiger partial charge in [-0.25, -0.2) is 0 Å². The van der Waals surface area contributed by atoms with Crippen molar-refractivity contribution in [2.75, 3.05) is 26.7 Å². The lowest BCUT2D eigenvalue weighted by Gasteiger charge is -2.47. The van der Waals surface area contributed by atoms with Gasteiger partial charge in [0.2, 0.25) is 0 Å². The van der Waals surface area contributed by atoms with Crippen LogP contribution in [0.4, 0.5) is 0 Å². The summed E-state index contributed by atoms with van der Waals surface area (Å²) >= 11 is 0. The number of methoxy groups -OCH3 is 1. The van der Waals surface area contributed by atoms with Crippen molar-refractivity contribution in [3.63, 3.8) is 0 Å². The Bertz CT molecular complexity index is 255. The van der Waals surface area contributed by atoms with Crippen LogP contribution in [0.15, 0.2) is 0 Å². The fourth-order valence-electron chi connectivity index (χ4n) is 2.15. The summed E-state index contributed by atoms with van der Waals surface area (Å²) in [4.78, 5) is 13.4. The second-order valence-electron chi connectivity index (χ2n) is 4.53. The number of likely N-dealkylation sites (tertiary alicyclic amines) is 1. The minimum absolute atomic E-state index is 0.106. The average molecular weight is 214 g/mol. The largest absolute Gasteiger partial charge is 0.386 e. The summed E-state index contributed by atoms with van der Waals surface area (Å²) < 4.78 is 4.96. The number of amides is 1. The minimum Gasteiger partial charge on any atom is -0.386 e. The maximum absolute atomic E-state index is 11.7. The van der Waals surface area contributed by atoms with Gasteiger partial charge in [-0.3, -0.25) is 4.79 Å². The number of hydrogen-bond acceptors (Lipinski definition) is 4. The molecule has 1 amide bonds. The highest BCUT2D eigenvalue weighted by Crippen LogP contribution is 2.44. The number of ether oxygens (including phenoxy) is 1. The molecule has 5 heteroatoms. The molecule has 1 unspecified atom stereocenters. The number of nitrogens with zero attached hydrogens (tertiary/aromatic N) is 1. The van der Waals surface area contributed by atoms with Crippen LogP contribution in [0.1, 0.15) is 12.8 Å².